The van der Waals surface area contributed by atoms with E-state index in [0.29, 0.717) is 27.8 Å². The largest absolute Gasteiger partial charge is 0.463 e. The van der Waals surface area contributed by atoms with E-state index in [0.717, 1.165) is 24.7 Å². The van der Waals surface area contributed by atoms with E-state index in [1.807, 2.05) is 6.07 Å². The van der Waals surface area contributed by atoms with Gasteiger partial charge in [0, 0.05) is 24.1 Å². The van der Waals surface area contributed by atoms with Gasteiger partial charge in [0.15, 0.2) is 6.54 Å². The summed E-state index contributed by atoms with van der Waals surface area (Å²) in [5, 5.41) is 12.8. The monoisotopic (exact) mass is 503 g/mol. The molecule has 5 N–H and O–H groups in total. The Balaban J connectivity index is 1.91. The van der Waals surface area contributed by atoms with E-state index < -0.39 is 15.8 Å². The van der Waals surface area contributed by atoms with Crippen LogP contribution in [0, 0.1) is 5.82 Å². The standard InChI is InChI=1S/C24H27FN4O5S/c1-27-24(31)22-18-11-17(14-3-4-14)19(29(35(2,32)33)10-9-28-21(30)13-26)12-20(18)34-23(22)15-5-7-16(25)8-6-15/h5-8,11-12,14H,3-4,9-10,13,26H2,1-2H3,(H,27,31)(H,28,30)/p+1. The second-order valence-electron chi connectivity index (χ2n) is 8.49. The number of nitrogens with two attached hydrogens (primary N) is 1. The quantitative estimate of drug-likeness (QED) is 0.256. The summed E-state index contributed by atoms with van der Waals surface area (Å²) in [4.78, 5) is 15.6. The van der Waals surface area contributed by atoms with Crippen LogP contribution < -0.4 is 20.3 Å². The number of sulfonamides is 1. The van der Waals surface area contributed by atoms with Crippen molar-refractivity contribution in [2.75, 3.05) is 37.2 Å². The minimum atomic E-state index is -3.69. The van der Waals surface area contributed by atoms with Gasteiger partial charge < -0.3 is 20.6 Å². The molecule has 0 spiro atoms. The molecule has 3 aromatic rings. The molecule has 0 saturated heterocycles. The van der Waals surface area contributed by atoms with Gasteiger partial charge in [0.05, 0.1) is 24.1 Å². The molecule has 0 radical (unpaired) electrons. The molecule has 1 aromatic heterocycles. The molecule has 0 unspecified atom stereocenters. The third-order valence-electron chi connectivity index (χ3n) is 5.92. The Morgan fingerprint density at radius 3 is 2.54 bits per heavy atom. The Labute approximate surface area is 202 Å². The van der Waals surface area contributed by atoms with Gasteiger partial charge >= 0.3 is 5.90 Å². The highest BCUT2D eigenvalue weighted by atomic mass is 32.2. The van der Waals surface area contributed by atoms with Gasteiger partial charge in [-0.05, 0) is 54.7 Å². The fourth-order valence-electron chi connectivity index (χ4n) is 4.08. The van der Waals surface area contributed by atoms with Crippen LogP contribution in [0.2, 0.25) is 0 Å². The molecule has 11 heteroatoms. The lowest BCUT2D eigenvalue weighted by Gasteiger charge is -2.23. The average Bonchev–Trinajstić information content (AvgIpc) is 3.60. The van der Waals surface area contributed by atoms with Crippen molar-refractivity contribution in [2.24, 2.45) is 5.73 Å². The number of amides is 1. The molecule has 2 aromatic carbocycles. The third kappa shape index (κ3) is 5.15. The molecule has 1 heterocycles. The van der Waals surface area contributed by atoms with E-state index in [2.05, 4.69) is 10.3 Å². The molecule has 35 heavy (non-hydrogen) atoms. The highest BCUT2D eigenvalue weighted by Gasteiger charge is 2.33. The molecule has 1 amide bonds. The predicted octanol–water partition coefficient (Wildman–Crippen LogP) is 1.24. The van der Waals surface area contributed by atoms with Crippen LogP contribution in [-0.2, 0) is 10.0 Å². The van der Waals surface area contributed by atoms with Crippen molar-refractivity contribution in [2.45, 2.75) is 18.8 Å². The number of hydrogen-bond acceptors (Lipinski definition) is 5. The minimum Gasteiger partial charge on any atom is -0.463 e. The summed E-state index contributed by atoms with van der Waals surface area (Å²) < 4.78 is 46.4. The third-order valence-corrected chi connectivity index (χ3v) is 7.10. The number of hydrogen-bond donors (Lipinski definition) is 4. The molecule has 4 rings (SSSR count). The summed E-state index contributed by atoms with van der Waals surface area (Å²) >= 11 is 0. The summed E-state index contributed by atoms with van der Waals surface area (Å²) in [5.74, 6) is -0.498. The van der Waals surface area contributed by atoms with Gasteiger partial charge in [-0.2, -0.15) is 0 Å². The first-order valence-electron chi connectivity index (χ1n) is 11.2. The molecule has 0 aliphatic heterocycles. The van der Waals surface area contributed by atoms with Crippen LogP contribution in [0.5, 0.6) is 0 Å². The van der Waals surface area contributed by atoms with Gasteiger partial charge in [-0.1, -0.05) is 0 Å². The minimum absolute atomic E-state index is 0.0436. The van der Waals surface area contributed by atoms with Crippen molar-refractivity contribution in [1.29, 1.82) is 0 Å². The molecule has 0 atom stereocenters. The van der Waals surface area contributed by atoms with E-state index in [1.165, 1.54) is 35.6 Å². The number of aliphatic hydroxyl groups excluding tert-OH is 1. The van der Waals surface area contributed by atoms with E-state index in [-0.39, 0.29) is 43.1 Å². The fourth-order valence-corrected chi connectivity index (χ4v) is 5.02. The summed E-state index contributed by atoms with van der Waals surface area (Å²) in [6, 6.07) is 9.06. The summed E-state index contributed by atoms with van der Waals surface area (Å²) in [5.41, 5.74) is 7.79. The molecule has 1 aliphatic rings. The Morgan fingerprint density at radius 1 is 1.29 bits per heavy atom. The lowest BCUT2D eigenvalue weighted by atomic mass is 10.0. The van der Waals surface area contributed by atoms with Crippen LogP contribution in [0.3, 0.4) is 0 Å². The van der Waals surface area contributed by atoms with E-state index in [1.54, 1.807) is 6.07 Å². The zero-order valence-electron chi connectivity index (χ0n) is 19.5. The van der Waals surface area contributed by atoms with Crippen LogP contribution >= 0.6 is 0 Å². The van der Waals surface area contributed by atoms with E-state index >= 15 is 0 Å². The number of anilines is 1. The number of benzene rings is 2. The molecular weight excluding hydrogens is 475 g/mol. The maximum Gasteiger partial charge on any atom is 0.346 e. The number of halogens is 1. The number of carbonyl (C=O) groups is 1. The van der Waals surface area contributed by atoms with Crippen molar-refractivity contribution >= 4 is 38.5 Å². The summed E-state index contributed by atoms with van der Waals surface area (Å²) in [6.07, 6.45) is 2.91. The normalized spacial score (nSPS) is 14.3. The predicted molar refractivity (Wildman–Crippen MR) is 132 cm³/mol. The van der Waals surface area contributed by atoms with Crippen molar-refractivity contribution in [1.82, 2.24) is 5.32 Å². The molecule has 1 aliphatic carbocycles. The second-order valence-corrected chi connectivity index (χ2v) is 10.4. The van der Waals surface area contributed by atoms with Crippen molar-refractivity contribution in [3.63, 3.8) is 0 Å². The summed E-state index contributed by atoms with van der Waals surface area (Å²) in [7, 11) is -2.18. The zero-order chi connectivity index (χ0) is 25.3. The fraction of sp³-hybridized carbons (Fsp3) is 0.333. The number of nitrogens with one attached hydrogen (secondary N) is 2. The van der Waals surface area contributed by atoms with Gasteiger partial charge in [0.25, 0.3) is 5.91 Å². The number of rotatable bonds is 9. The first-order valence-corrected chi connectivity index (χ1v) is 13.0. The Bertz CT molecular complexity index is 1400. The highest BCUT2D eigenvalue weighted by molar-refractivity contribution is 7.92. The van der Waals surface area contributed by atoms with Gasteiger partial charge in [-0.15, -0.1) is 0 Å². The SMILES string of the molecule is CNC(=O)c1c(-c2ccc(F)cc2)oc2cc(N(CC[NH+]=C(O)CN)S(C)(=O)=O)c(C3CC3)cc12. The van der Waals surface area contributed by atoms with E-state index in [4.69, 9.17) is 10.2 Å². The lowest BCUT2D eigenvalue weighted by molar-refractivity contribution is -0.463. The van der Waals surface area contributed by atoms with Gasteiger partial charge in [-0.25, -0.2) is 17.8 Å². The van der Waals surface area contributed by atoms with Crippen molar-refractivity contribution in [3.8, 4) is 11.3 Å². The molecule has 1 fully saturated rings. The van der Waals surface area contributed by atoms with Crippen LogP contribution in [0.1, 0.15) is 34.7 Å². The Morgan fingerprint density at radius 2 is 1.97 bits per heavy atom. The Hall–Kier alpha value is -3.44. The maximum absolute atomic E-state index is 13.5. The van der Waals surface area contributed by atoms with Crippen LogP contribution in [-0.4, -0.2) is 58.3 Å². The zero-order valence-corrected chi connectivity index (χ0v) is 20.3. The lowest BCUT2D eigenvalue weighted by Crippen LogP contribution is -2.76. The smallest absolute Gasteiger partial charge is 0.346 e. The van der Waals surface area contributed by atoms with Gasteiger partial charge in [0.1, 0.15) is 23.7 Å². The van der Waals surface area contributed by atoms with Gasteiger partial charge in [-0.3, -0.25) is 9.10 Å². The number of fused-ring (bicyclic) bond motifs is 1. The summed E-state index contributed by atoms with van der Waals surface area (Å²) in [6.45, 7) is 0.0989. The van der Waals surface area contributed by atoms with Crippen LogP contribution in [0.25, 0.3) is 22.3 Å². The van der Waals surface area contributed by atoms with Crippen LogP contribution in [0.4, 0.5) is 10.1 Å². The molecular formula is C24H28FN4O5S+. The molecule has 186 valence electrons. The topological polar surface area (TPSA) is 140 Å². The number of aliphatic hydroxyl groups is 1. The van der Waals surface area contributed by atoms with Crippen molar-refractivity contribution < 1.29 is 32.1 Å². The number of furan rings is 1. The highest BCUT2D eigenvalue weighted by Crippen LogP contribution is 2.48. The number of nitrogens with zero attached hydrogens (tertiary/aromatic N) is 1. The Kier molecular flexibility index (Phi) is 6.82. The molecule has 9 nitrogen and oxygen atoms in total. The van der Waals surface area contributed by atoms with Crippen molar-refractivity contribution in [3.05, 3.63) is 53.3 Å². The number of carbonyl (C=O) groups excluding carboxylic acids is 1. The molecule has 1 saturated carbocycles. The molecule has 0 bridgehead atoms. The van der Waals surface area contributed by atoms with Crippen LogP contribution in [0.15, 0.2) is 40.8 Å². The second kappa shape index (κ2) is 9.67. The van der Waals surface area contributed by atoms with E-state index in [9.17, 15) is 22.7 Å². The van der Waals surface area contributed by atoms with Gasteiger partial charge in [0.2, 0.25) is 10.0 Å². The first-order chi connectivity index (χ1) is 16.6. The maximum atomic E-state index is 13.5. The first kappa shape index (κ1) is 24.7. The average molecular weight is 504 g/mol.